The van der Waals surface area contributed by atoms with Crippen LogP contribution in [0.15, 0.2) is 42.6 Å². The van der Waals surface area contributed by atoms with Gasteiger partial charge in [0.15, 0.2) is 0 Å². The maximum atomic E-state index is 12.3. The molecule has 110 valence electrons. The Morgan fingerprint density at radius 3 is 2.76 bits per heavy atom. The third-order valence-electron chi connectivity index (χ3n) is 2.65. The van der Waals surface area contributed by atoms with E-state index in [0.29, 0.717) is 35.4 Å². The molecule has 1 aromatic carbocycles. The fourth-order valence-corrected chi connectivity index (χ4v) is 1.76. The highest BCUT2D eigenvalue weighted by molar-refractivity contribution is 6.30. The van der Waals surface area contributed by atoms with Crippen LogP contribution in [0.3, 0.4) is 0 Å². The molecule has 5 nitrogen and oxygen atoms in total. The smallest absolute Gasteiger partial charge is 0.260 e. The van der Waals surface area contributed by atoms with Crippen molar-refractivity contribution in [2.24, 2.45) is 0 Å². The molecular formula is C15H15ClN2O3. The third-order valence-corrected chi connectivity index (χ3v) is 2.87. The van der Waals surface area contributed by atoms with E-state index in [9.17, 15) is 4.79 Å². The summed E-state index contributed by atoms with van der Waals surface area (Å²) in [6.07, 6.45) is 1.47. The van der Waals surface area contributed by atoms with Crippen molar-refractivity contribution in [3.05, 3.63) is 53.2 Å². The molecule has 0 radical (unpaired) electrons. The molecule has 0 saturated carbocycles. The zero-order valence-corrected chi connectivity index (χ0v) is 12.3. The van der Waals surface area contributed by atoms with E-state index in [1.54, 1.807) is 43.5 Å². The first kappa shape index (κ1) is 15.3. The standard InChI is InChI=1S/C15H15ClN2O3/c1-20-8-9-21-13-5-3-2-4-12(13)15(19)18-14-7-6-11(16)10-17-14/h2-7,10H,8-9H2,1H3,(H,17,18,19). The van der Waals surface area contributed by atoms with E-state index in [4.69, 9.17) is 21.1 Å². The average Bonchev–Trinajstić information content (AvgIpc) is 2.50. The third kappa shape index (κ3) is 4.44. The van der Waals surface area contributed by atoms with Crippen molar-refractivity contribution in [3.63, 3.8) is 0 Å². The molecule has 0 aliphatic carbocycles. The topological polar surface area (TPSA) is 60.5 Å². The van der Waals surface area contributed by atoms with Crippen LogP contribution in [0, 0.1) is 0 Å². The van der Waals surface area contributed by atoms with Crippen LogP contribution in [-0.2, 0) is 4.74 Å². The van der Waals surface area contributed by atoms with Crippen LogP contribution in [-0.4, -0.2) is 31.2 Å². The highest BCUT2D eigenvalue weighted by atomic mass is 35.5. The molecule has 0 bridgehead atoms. The fourth-order valence-electron chi connectivity index (χ4n) is 1.65. The number of para-hydroxylation sites is 1. The zero-order valence-electron chi connectivity index (χ0n) is 11.5. The van der Waals surface area contributed by atoms with Crippen molar-refractivity contribution in [1.82, 2.24) is 4.98 Å². The Morgan fingerprint density at radius 1 is 1.24 bits per heavy atom. The number of halogens is 1. The van der Waals surface area contributed by atoms with E-state index in [1.165, 1.54) is 6.20 Å². The summed E-state index contributed by atoms with van der Waals surface area (Å²) in [5.41, 5.74) is 0.436. The van der Waals surface area contributed by atoms with Gasteiger partial charge in [-0.05, 0) is 24.3 Å². The summed E-state index contributed by atoms with van der Waals surface area (Å²) < 4.78 is 10.5. The van der Waals surface area contributed by atoms with E-state index < -0.39 is 0 Å². The number of nitrogens with one attached hydrogen (secondary N) is 1. The lowest BCUT2D eigenvalue weighted by Gasteiger charge is -2.11. The van der Waals surface area contributed by atoms with Crippen molar-refractivity contribution in [3.8, 4) is 5.75 Å². The Morgan fingerprint density at radius 2 is 2.05 bits per heavy atom. The molecule has 1 amide bonds. The number of hydrogen-bond donors (Lipinski definition) is 1. The van der Waals surface area contributed by atoms with Crippen molar-refractivity contribution < 1.29 is 14.3 Å². The lowest BCUT2D eigenvalue weighted by atomic mass is 10.2. The van der Waals surface area contributed by atoms with Gasteiger partial charge in [0.25, 0.3) is 5.91 Å². The molecule has 6 heteroatoms. The largest absolute Gasteiger partial charge is 0.490 e. The van der Waals surface area contributed by atoms with Crippen molar-refractivity contribution in [1.29, 1.82) is 0 Å². The molecule has 0 saturated heterocycles. The average molecular weight is 307 g/mol. The van der Waals surface area contributed by atoms with Crippen molar-refractivity contribution in [2.45, 2.75) is 0 Å². The maximum Gasteiger partial charge on any atom is 0.260 e. The summed E-state index contributed by atoms with van der Waals surface area (Å²) in [5.74, 6) is 0.634. The fraction of sp³-hybridized carbons (Fsp3) is 0.200. The second-order valence-electron chi connectivity index (χ2n) is 4.15. The number of amides is 1. The van der Waals surface area contributed by atoms with Crippen LogP contribution >= 0.6 is 11.6 Å². The quantitative estimate of drug-likeness (QED) is 0.833. The van der Waals surface area contributed by atoms with Gasteiger partial charge in [-0.3, -0.25) is 4.79 Å². The second-order valence-corrected chi connectivity index (χ2v) is 4.59. The van der Waals surface area contributed by atoms with Crippen LogP contribution in [0.5, 0.6) is 5.75 Å². The molecule has 1 N–H and O–H groups in total. The minimum absolute atomic E-state index is 0.294. The van der Waals surface area contributed by atoms with Crippen LogP contribution in [0.25, 0.3) is 0 Å². The molecule has 2 rings (SSSR count). The summed E-state index contributed by atoms with van der Waals surface area (Å²) in [5, 5.41) is 3.21. The number of aromatic nitrogens is 1. The Labute approximate surface area is 127 Å². The van der Waals surface area contributed by atoms with E-state index in [2.05, 4.69) is 10.3 Å². The number of carbonyl (C=O) groups is 1. The van der Waals surface area contributed by atoms with E-state index in [-0.39, 0.29) is 5.91 Å². The molecule has 0 atom stereocenters. The lowest BCUT2D eigenvalue weighted by Crippen LogP contribution is -2.15. The normalized spacial score (nSPS) is 10.2. The summed E-state index contributed by atoms with van der Waals surface area (Å²) in [7, 11) is 1.59. The van der Waals surface area contributed by atoms with Gasteiger partial charge in [0, 0.05) is 13.3 Å². The Kier molecular flexibility index (Phi) is 5.54. The van der Waals surface area contributed by atoms with Gasteiger partial charge in [0.1, 0.15) is 18.2 Å². The minimum Gasteiger partial charge on any atom is -0.490 e. The number of pyridine rings is 1. The van der Waals surface area contributed by atoms with Gasteiger partial charge in [0.2, 0.25) is 0 Å². The van der Waals surface area contributed by atoms with Gasteiger partial charge in [-0.2, -0.15) is 0 Å². The van der Waals surface area contributed by atoms with Crippen molar-refractivity contribution in [2.75, 3.05) is 25.6 Å². The molecule has 21 heavy (non-hydrogen) atoms. The number of ether oxygens (including phenoxy) is 2. The predicted molar refractivity (Wildman–Crippen MR) is 81.0 cm³/mol. The highest BCUT2D eigenvalue weighted by Crippen LogP contribution is 2.19. The monoisotopic (exact) mass is 306 g/mol. The SMILES string of the molecule is COCCOc1ccccc1C(=O)Nc1ccc(Cl)cn1. The number of benzene rings is 1. The molecule has 1 aromatic heterocycles. The highest BCUT2D eigenvalue weighted by Gasteiger charge is 2.12. The zero-order chi connectivity index (χ0) is 15.1. The van der Waals surface area contributed by atoms with Gasteiger partial charge in [-0.15, -0.1) is 0 Å². The van der Waals surface area contributed by atoms with Gasteiger partial charge in [0.05, 0.1) is 17.2 Å². The molecule has 0 spiro atoms. The molecule has 0 aliphatic heterocycles. The molecule has 2 aromatic rings. The predicted octanol–water partition coefficient (Wildman–Crippen LogP) is 3.01. The number of hydrogen-bond acceptors (Lipinski definition) is 4. The van der Waals surface area contributed by atoms with Gasteiger partial charge in [-0.1, -0.05) is 23.7 Å². The first-order chi connectivity index (χ1) is 10.2. The van der Waals surface area contributed by atoms with Crippen LogP contribution < -0.4 is 10.1 Å². The number of anilines is 1. The lowest BCUT2D eigenvalue weighted by molar-refractivity contribution is 0.101. The molecular weight excluding hydrogens is 292 g/mol. The van der Waals surface area contributed by atoms with Crippen LogP contribution in [0.1, 0.15) is 10.4 Å². The summed E-state index contributed by atoms with van der Waals surface area (Å²) in [6, 6.07) is 10.3. The molecule has 1 heterocycles. The number of rotatable bonds is 6. The number of methoxy groups -OCH3 is 1. The first-order valence-corrected chi connectivity index (χ1v) is 6.72. The van der Waals surface area contributed by atoms with Crippen molar-refractivity contribution >= 4 is 23.3 Å². The van der Waals surface area contributed by atoms with Crippen LogP contribution in [0.4, 0.5) is 5.82 Å². The summed E-state index contributed by atoms with van der Waals surface area (Å²) in [4.78, 5) is 16.3. The Balaban J connectivity index is 2.09. The molecule has 0 unspecified atom stereocenters. The summed E-state index contributed by atoms with van der Waals surface area (Å²) in [6.45, 7) is 0.828. The van der Waals surface area contributed by atoms with E-state index in [1.807, 2.05) is 0 Å². The van der Waals surface area contributed by atoms with Crippen LogP contribution in [0.2, 0.25) is 5.02 Å². The Hall–Kier alpha value is -2.11. The van der Waals surface area contributed by atoms with E-state index >= 15 is 0 Å². The van der Waals surface area contributed by atoms with Gasteiger partial charge >= 0.3 is 0 Å². The van der Waals surface area contributed by atoms with E-state index in [0.717, 1.165) is 0 Å². The summed E-state index contributed by atoms with van der Waals surface area (Å²) >= 11 is 5.75. The van der Waals surface area contributed by atoms with Gasteiger partial charge in [-0.25, -0.2) is 4.98 Å². The number of carbonyl (C=O) groups excluding carboxylic acids is 1. The maximum absolute atomic E-state index is 12.3. The minimum atomic E-state index is -0.294. The second kappa shape index (κ2) is 7.61. The molecule has 0 fully saturated rings. The molecule has 0 aliphatic rings. The first-order valence-electron chi connectivity index (χ1n) is 6.34. The Bertz CT molecular complexity index is 602. The van der Waals surface area contributed by atoms with Gasteiger partial charge < -0.3 is 14.8 Å². The number of nitrogens with zero attached hydrogens (tertiary/aromatic N) is 1.